The number of methoxy groups -OCH3 is 1. The number of benzene rings is 3. The third-order valence-corrected chi connectivity index (χ3v) is 9.77. The van der Waals surface area contributed by atoms with Crippen molar-refractivity contribution in [2.45, 2.75) is 22.8 Å². The lowest BCUT2D eigenvalue weighted by atomic mass is 9.83. The molecule has 6 rings (SSSR count). The summed E-state index contributed by atoms with van der Waals surface area (Å²) in [6.45, 7) is 0.194. The first-order chi connectivity index (χ1) is 18.9. The highest BCUT2D eigenvalue weighted by Gasteiger charge is 2.56. The summed E-state index contributed by atoms with van der Waals surface area (Å²) in [4.78, 5) is 44.3. The molecule has 3 atom stereocenters. The number of carbonyl (C=O) groups is 2. The molecule has 0 radical (unpaired) electrons. The van der Waals surface area contributed by atoms with Crippen molar-refractivity contribution < 1.29 is 19.1 Å². The maximum Gasteiger partial charge on any atom is 0.305 e. The van der Waals surface area contributed by atoms with E-state index in [0.29, 0.717) is 32.3 Å². The van der Waals surface area contributed by atoms with Gasteiger partial charge >= 0.3 is 4.87 Å². The number of aromatic nitrogens is 1. The topological polar surface area (TPSA) is 88.7 Å². The molecule has 0 spiro atoms. The smallest absolute Gasteiger partial charge is 0.305 e. The molecule has 1 fully saturated rings. The van der Waals surface area contributed by atoms with E-state index in [4.69, 9.17) is 32.7 Å². The zero-order valence-corrected chi connectivity index (χ0v) is 23.5. The molecule has 198 valence electrons. The number of hydrogen-bond donors (Lipinski definition) is 1. The van der Waals surface area contributed by atoms with E-state index < -0.39 is 17.1 Å². The van der Waals surface area contributed by atoms with E-state index in [1.165, 1.54) is 23.8 Å². The Kier molecular flexibility index (Phi) is 6.93. The van der Waals surface area contributed by atoms with Crippen molar-refractivity contribution in [3.8, 4) is 11.5 Å². The summed E-state index contributed by atoms with van der Waals surface area (Å²) in [6.07, 6.45) is 0. The van der Waals surface area contributed by atoms with Gasteiger partial charge in [0.1, 0.15) is 11.9 Å². The van der Waals surface area contributed by atoms with Crippen LogP contribution in [0.3, 0.4) is 0 Å². The number of hydrogen-bond acceptors (Lipinski definition) is 7. The molecule has 7 nitrogen and oxygen atoms in total. The molecule has 11 heteroatoms. The number of para-hydroxylation sites is 1. The van der Waals surface area contributed by atoms with Crippen LogP contribution in [0, 0.1) is 5.92 Å². The number of H-pyrrole nitrogens is 1. The molecule has 2 aliphatic rings. The largest absolute Gasteiger partial charge is 0.493 e. The number of aromatic amines is 1. The Balaban J connectivity index is 1.37. The van der Waals surface area contributed by atoms with Gasteiger partial charge in [0.2, 0.25) is 11.8 Å². The zero-order chi connectivity index (χ0) is 27.3. The lowest BCUT2D eigenvalue weighted by Gasteiger charge is -2.30. The monoisotopic (exact) mass is 598 g/mol. The molecule has 1 aromatic heterocycles. The highest BCUT2D eigenvalue weighted by molar-refractivity contribution is 8.00. The molecule has 3 aromatic carbocycles. The zero-order valence-electron chi connectivity index (χ0n) is 20.4. The van der Waals surface area contributed by atoms with E-state index in [1.54, 1.807) is 54.6 Å². The van der Waals surface area contributed by atoms with E-state index in [2.05, 4.69) is 4.98 Å². The minimum atomic E-state index is -0.689. The van der Waals surface area contributed by atoms with Crippen LogP contribution in [0.15, 0.2) is 76.6 Å². The van der Waals surface area contributed by atoms with Crippen molar-refractivity contribution in [3.63, 3.8) is 0 Å². The number of imide groups is 1. The summed E-state index contributed by atoms with van der Waals surface area (Å²) in [6, 6.07) is 19.5. The number of nitrogens with zero attached hydrogens (tertiary/aromatic N) is 1. The first kappa shape index (κ1) is 26.0. The lowest BCUT2D eigenvalue weighted by molar-refractivity contribution is -0.122. The fourth-order valence-electron chi connectivity index (χ4n) is 5.00. The summed E-state index contributed by atoms with van der Waals surface area (Å²) in [7, 11) is 1.53. The Morgan fingerprint density at radius 3 is 2.49 bits per heavy atom. The fraction of sp³-hybridized carbons (Fsp3) is 0.179. The van der Waals surface area contributed by atoms with E-state index in [0.717, 1.165) is 27.3 Å². The second-order valence-electron chi connectivity index (χ2n) is 9.03. The highest BCUT2D eigenvalue weighted by atomic mass is 35.5. The van der Waals surface area contributed by atoms with Gasteiger partial charge in [-0.05, 0) is 42.0 Å². The second-order valence-corrected chi connectivity index (χ2v) is 12.0. The Hall–Kier alpha value is -3.24. The molecule has 0 bridgehead atoms. The Bertz CT molecular complexity index is 1660. The molecule has 0 aliphatic carbocycles. The predicted molar refractivity (Wildman–Crippen MR) is 153 cm³/mol. The number of rotatable bonds is 6. The third-order valence-electron chi connectivity index (χ3n) is 6.78. The molecule has 0 saturated carbocycles. The summed E-state index contributed by atoms with van der Waals surface area (Å²) in [5, 5.41) is 0.969. The van der Waals surface area contributed by atoms with Crippen LogP contribution >= 0.6 is 46.3 Å². The van der Waals surface area contributed by atoms with Crippen LogP contribution in [0.1, 0.15) is 21.9 Å². The van der Waals surface area contributed by atoms with E-state index in [9.17, 15) is 14.4 Å². The number of carbonyl (C=O) groups excluding carboxylic acids is 2. The van der Waals surface area contributed by atoms with Crippen molar-refractivity contribution in [1.82, 2.24) is 4.98 Å². The van der Waals surface area contributed by atoms with Crippen LogP contribution in [0.25, 0.3) is 0 Å². The minimum Gasteiger partial charge on any atom is -0.493 e. The standard InChI is InChI=1S/C28H20Cl2N2O5S2/c1-36-20-11-14(8-10-19(20)37-13-15-7-9-16(29)12-18(15)30)21-22-24(38-25-23(21)39-28(35)31-25)27(34)32(26(22)33)17-5-3-2-4-6-17/h2-12,21-22,24H,13H2,1H3,(H,31,35). The van der Waals surface area contributed by atoms with Crippen LogP contribution < -0.4 is 19.2 Å². The molecule has 1 saturated heterocycles. The summed E-state index contributed by atoms with van der Waals surface area (Å²) >= 11 is 14.6. The minimum absolute atomic E-state index is 0.194. The van der Waals surface area contributed by atoms with Gasteiger partial charge in [0.15, 0.2) is 11.5 Å². The van der Waals surface area contributed by atoms with Crippen LogP contribution in [-0.2, 0) is 16.2 Å². The van der Waals surface area contributed by atoms with Gasteiger partial charge in [-0.15, -0.1) is 0 Å². The summed E-state index contributed by atoms with van der Waals surface area (Å²) in [5.41, 5.74) is 2.03. The number of fused-ring (bicyclic) bond motifs is 2. The maximum absolute atomic E-state index is 13.8. The number of amides is 2. The van der Waals surface area contributed by atoms with Gasteiger partial charge in [0, 0.05) is 26.4 Å². The van der Waals surface area contributed by atoms with Crippen LogP contribution in [-0.4, -0.2) is 29.2 Å². The molecular weight excluding hydrogens is 579 g/mol. The Labute approximate surface area is 241 Å². The van der Waals surface area contributed by atoms with Crippen molar-refractivity contribution in [1.29, 1.82) is 0 Å². The van der Waals surface area contributed by atoms with Gasteiger partial charge < -0.3 is 14.5 Å². The van der Waals surface area contributed by atoms with Crippen molar-refractivity contribution in [2.75, 3.05) is 12.0 Å². The van der Waals surface area contributed by atoms with Gasteiger partial charge in [-0.2, -0.15) is 0 Å². The maximum atomic E-state index is 13.8. The van der Waals surface area contributed by atoms with Gasteiger partial charge in [-0.3, -0.25) is 14.4 Å². The van der Waals surface area contributed by atoms with Crippen molar-refractivity contribution >= 4 is 63.8 Å². The SMILES string of the molecule is COc1cc(C2c3sc(=O)[nH]c3SC3C(=O)N(c4ccccc4)C(=O)C32)ccc1OCc1ccc(Cl)cc1Cl. The summed E-state index contributed by atoms with van der Waals surface area (Å²) in [5.74, 6) is -0.864. The lowest BCUT2D eigenvalue weighted by Crippen LogP contribution is -2.32. The van der Waals surface area contributed by atoms with Crippen LogP contribution in [0.4, 0.5) is 5.69 Å². The second kappa shape index (κ2) is 10.4. The predicted octanol–water partition coefficient (Wildman–Crippen LogP) is 6.13. The number of nitrogens with one attached hydrogen (secondary N) is 1. The molecule has 3 unspecified atom stereocenters. The molecule has 2 amide bonds. The Morgan fingerprint density at radius 2 is 1.74 bits per heavy atom. The number of anilines is 1. The normalized spacial score (nSPS) is 20.1. The number of thioether (sulfide) groups is 1. The van der Waals surface area contributed by atoms with E-state index in [-0.39, 0.29) is 23.3 Å². The van der Waals surface area contributed by atoms with Gasteiger partial charge in [-0.1, -0.05) is 76.6 Å². The van der Waals surface area contributed by atoms with Gasteiger partial charge in [-0.25, -0.2) is 4.90 Å². The molecule has 2 aliphatic heterocycles. The molecule has 1 N–H and O–H groups in total. The quantitative estimate of drug-likeness (QED) is 0.269. The van der Waals surface area contributed by atoms with Crippen LogP contribution in [0.2, 0.25) is 10.0 Å². The van der Waals surface area contributed by atoms with E-state index in [1.807, 2.05) is 12.1 Å². The average molecular weight is 600 g/mol. The summed E-state index contributed by atoms with van der Waals surface area (Å²) < 4.78 is 11.7. The molecule has 4 aromatic rings. The number of thiazole rings is 1. The van der Waals surface area contributed by atoms with Gasteiger partial charge in [0.25, 0.3) is 0 Å². The number of ether oxygens (including phenoxy) is 2. The first-order valence-corrected chi connectivity index (χ1v) is 14.4. The van der Waals surface area contributed by atoms with Crippen LogP contribution in [0.5, 0.6) is 11.5 Å². The molecular formula is C28H20Cl2N2O5S2. The first-order valence-electron chi connectivity index (χ1n) is 11.9. The van der Waals surface area contributed by atoms with Gasteiger partial charge in [0.05, 0.1) is 23.7 Å². The third kappa shape index (κ3) is 4.63. The molecule has 39 heavy (non-hydrogen) atoms. The highest BCUT2D eigenvalue weighted by Crippen LogP contribution is 2.53. The Morgan fingerprint density at radius 1 is 0.949 bits per heavy atom. The fourth-order valence-corrected chi connectivity index (χ4v) is 7.98. The molecule has 3 heterocycles. The number of halogens is 2. The van der Waals surface area contributed by atoms with Crippen molar-refractivity contribution in [3.05, 3.63) is 102 Å². The average Bonchev–Trinajstić information content (AvgIpc) is 3.42. The van der Waals surface area contributed by atoms with E-state index >= 15 is 0 Å². The van der Waals surface area contributed by atoms with Crippen molar-refractivity contribution in [2.24, 2.45) is 5.92 Å².